The number of piperazine rings is 1. The van der Waals surface area contributed by atoms with E-state index >= 15 is 8.78 Å². The van der Waals surface area contributed by atoms with Gasteiger partial charge in [0.05, 0.1) is 24.2 Å². The first kappa shape index (κ1) is 38.0. The molecule has 6 heterocycles. The van der Waals surface area contributed by atoms with Gasteiger partial charge in [0.25, 0.3) is 0 Å². The van der Waals surface area contributed by atoms with Gasteiger partial charge in [0.15, 0.2) is 5.82 Å². The zero-order valence-corrected chi connectivity index (χ0v) is 33.4. The van der Waals surface area contributed by atoms with Crippen LogP contribution in [0.4, 0.5) is 29.2 Å². The number of likely N-dealkylation sites (tertiary alicyclic amines) is 2. The van der Waals surface area contributed by atoms with Gasteiger partial charge in [0.1, 0.15) is 46.0 Å². The second kappa shape index (κ2) is 14.0. The molecule has 2 bridgehead atoms. The number of thiophene rings is 1. The highest BCUT2D eigenvalue weighted by atomic mass is 32.1. The fraction of sp³-hybridized carbons (Fsp3) is 0.525. The Hall–Kier alpha value is -4.85. The molecule has 56 heavy (non-hydrogen) atoms. The van der Waals surface area contributed by atoms with Gasteiger partial charge in [-0.25, -0.2) is 18.4 Å². The normalized spacial score (nSPS) is 20.9. The molecule has 13 nitrogen and oxygen atoms in total. The first-order valence-corrected chi connectivity index (χ1v) is 19.7. The summed E-state index contributed by atoms with van der Waals surface area (Å²) in [7, 11) is 2.00. The van der Waals surface area contributed by atoms with Gasteiger partial charge in [0.2, 0.25) is 0 Å². The van der Waals surface area contributed by atoms with Gasteiger partial charge in [0, 0.05) is 52.4 Å². The third-order valence-electron chi connectivity index (χ3n) is 10.8. The molecule has 2 aromatic carbocycles. The van der Waals surface area contributed by atoms with Crippen molar-refractivity contribution in [3.8, 4) is 23.2 Å². The number of nitrogens with one attached hydrogen (secondary N) is 1. The lowest BCUT2D eigenvalue weighted by molar-refractivity contribution is 0.0209. The van der Waals surface area contributed by atoms with Crippen LogP contribution in [-0.2, 0) is 27.4 Å². The monoisotopic (exact) mass is 789 g/mol. The van der Waals surface area contributed by atoms with E-state index in [1.807, 2.05) is 27.8 Å². The minimum absolute atomic E-state index is 0.0127. The molecule has 16 heteroatoms. The Morgan fingerprint density at radius 3 is 2.30 bits per heavy atom. The van der Waals surface area contributed by atoms with Crippen molar-refractivity contribution >= 4 is 55.3 Å². The van der Waals surface area contributed by atoms with Gasteiger partial charge >= 0.3 is 18.2 Å². The van der Waals surface area contributed by atoms with E-state index in [4.69, 9.17) is 23.9 Å². The predicted octanol–water partition coefficient (Wildman–Crippen LogP) is 7.71. The van der Waals surface area contributed by atoms with Crippen molar-refractivity contribution in [3.63, 3.8) is 0 Å². The molecular weight excluding hydrogens is 745 g/mol. The SMILES string of the molecule is CN1CC[C@H]1COc1nc(N2C3CCC2CN(C(=O)OC(C)(C)C)C3)c2c3c(c(-c4c(F)ccc5sc(NC(=O)OC(C)(C)C)c(C#N)c45)c(F)c2n1)COC3. The molecule has 296 valence electrons. The van der Waals surface area contributed by atoms with Crippen LogP contribution >= 0.6 is 11.3 Å². The number of amides is 2. The number of nitrogens with zero attached hydrogens (tertiary/aromatic N) is 6. The van der Waals surface area contributed by atoms with Gasteiger partial charge in [-0.2, -0.15) is 15.2 Å². The summed E-state index contributed by atoms with van der Waals surface area (Å²) in [4.78, 5) is 41.7. The van der Waals surface area contributed by atoms with Crippen LogP contribution in [0.5, 0.6) is 6.01 Å². The lowest BCUT2D eigenvalue weighted by Gasteiger charge is -2.42. The molecule has 2 unspecified atom stereocenters. The predicted molar refractivity (Wildman–Crippen MR) is 207 cm³/mol. The minimum atomic E-state index is -0.804. The molecule has 3 atom stereocenters. The highest BCUT2D eigenvalue weighted by Gasteiger charge is 2.45. The summed E-state index contributed by atoms with van der Waals surface area (Å²) in [5.74, 6) is -1.08. The van der Waals surface area contributed by atoms with Crippen LogP contribution < -0.4 is 15.0 Å². The topological polar surface area (TPSA) is 142 Å². The number of halogens is 2. The summed E-state index contributed by atoms with van der Waals surface area (Å²) < 4.78 is 57.9. The van der Waals surface area contributed by atoms with E-state index in [1.165, 1.54) is 12.1 Å². The number of hydrogen-bond donors (Lipinski definition) is 1. The largest absolute Gasteiger partial charge is 0.462 e. The molecule has 1 N–H and O–H groups in total. The van der Waals surface area contributed by atoms with Crippen LogP contribution in [-0.4, -0.2) is 94.6 Å². The molecular formula is C40H45F2N7O6S. The van der Waals surface area contributed by atoms with E-state index < -0.39 is 28.9 Å². The summed E-state index contributed by atoms with van der Waals surface area (Å²) in [6.45, 7) is 12.7. The van der Waals surface area contributed by atoms with Crippen LogP contribution in [0.2, 0.25) is 0 Å². The van der Waals surface area contributed by atoms with E-state index in [2.05, 4.69) is 26.2 Å². The van der Waals surface area contributed by atoms with E-state index in [0.29, 0.717) is 46.7 Å². The average Bonchev–Trinajstić information content (AvgIpc) is 3.79. The number of benzene rings is 2. The molecule has 2 aromatic heterocycles. The molecule has 0 aliphatic carbocycles. The van der Waals surface area contributed by atoms with Crippen LogP contribution in [0.15, 0.2) is 12.1 Å². The Labute approximate surface area is 327 Å². The number of ether oxygens (including phenoxy) is 4. The number of likely N-dealkylation sites (N-methyl/N-ethyl adjacent to an activating group) is 1. The second-order valence-corrected chi connectivity index (χ2v) is 18.0. The quantitative estimate of drug-likeness (QED) is 0.205. The maximum absolute atomic E-state index is 17.7. The maximum atomic E-state index is 17.7. The Balaban J connectivity index is 1.29. The summed E-state index contributed by atoms with van der Waals surface area (Å²) in [6.07, 6.45) is 1.33. The molecule has 0 radical (unpaired) electrons. The maximum Gasteiger partial charge on any atom is 0.412 e. The lowest BCUT2D eigenvalue weighted by atomic mass is 9.90. The number of anilines is 2. The zero-order chi connectivity index (χ0) is 39.8. The molecule has 2 amide bonds. The molecule has 0 spiro atoms. The summed E-state index contributed by atoms with van der Waals surface area (Å²) in [5, 5.41) is 13.8. The standard InChI is InChI=1S/C40H45F2N7O6S/c1-39(2,3)54-37(50)46-35-23(14-43)28-27(56-35)11-10-26(41)31(28)29-24-18-52-19-25(24)30-33(32(29)42)44-36(53-17-22-12-13-47(22)7)45-34(30)49-20-8-9-21(49)16-48(15-20)38(51)55-40(4,5)6/h10-11,20-22H,8-9,12-13,15-19H2,1-7H3,(H,46,50)/t20?,21?,22-/m0/s1. The molecule has 0 saturated carbocycles. The number of nitriles is 1. The van der Waals surface area contributed by atoms with Crippen LogP contribution in [0.3, 0.4) is 0 Å². The van der Waals surface area contributed by atoms with E-state index in [0.717, 1.165) is 37.1 Å². The van der Waals surface area contributed by atoms with Crippen molar-refractivity contribution in [1.82, 2.24) is 19.8 Å². The number of carbonyl (C=O) groups is 2. The Morgan fingerprint density at radius 1 is 0.982 bits per heavy atom. The average molecular weight is 790 g/mol. The summed E-state index contributed by atoms with van der Waals surface area (Å²) in [6, 6.07) is 4.71. The van der Waals surface area contributed by atoms with Gasteiger partial charge in [-0.05, 0) is 97.7 Å². The molecule has 8 rings (SSSR count). The fourth-order valence-corrected chi connectivity index (χ4v) is 9.23. The molecule has 4 aliphatic rings. The minimum Gasteiger partial charge on any atom is -0.462 e. The number of fused-ring (bicyclic) bond motifs is 6. The fourth-order valence-electron chi connectivity index (χ4n) is 8.18. The highest BCUT2D eigenvalue weighted by molar-refractivity contribution is 7.23. The van der Waals surface area contributed by atoms with Gasteiger partial charge < -0.3 is 28.7 Å². The smallest absolute Gasteiger partial charge is 0.412 e. The summed E-state index contributed by atoms with van der Waals surface area (Å²) in [5.41, 5.74) is -0.690. The third kappa shape index (κ3) is 6.83. The van der Waals surface area contributed by atoms with Gasteiger partial charge in [-0.3, -0.25) is 10.2 Å². The summed E-state index contributed by atoms with van der Waals surface area (Å²) >= 11 is 1.07. The number of aromatic nitrogens is 2. The van der Waals surface area contributed by atoms with Crippen molar-refractivity contribution in [2.45, 2.75) is 103 Å². The Bertz CT molecular complexity index is 2300. The van der Waals surface area contributed by atoms with Gasteiger partial charge in [-0.1, -0.05) is 0 Å². The van der Waals surface area contributed by atoms with Crippen molar-refractivity contribution in [3.05, 3.63) is 40.5 Å². The molecule has 4 aromatic rings. The zero-order valence-electron chi connectivity index (χ0n) is 32.5. The Morgan fingerprint density at radius 2 is 1.68 bits per heavy atom. The van der Waals surface area contributed by atoms with Crippen molar-refractivity contribution < 1.29 is 37.3 Å². The van der Waals surface area contributed by atoms with Crippen LogP contribution in [0, 0.1) is 23.0 Å². The molecule has 3 fully saturated rings. The first-order valence-electron chi connectivity index (χ1n) is 18.9. The third-order valence-corrected chi connectivity index (χ3v) is 11.8. The molecule has 4 aliphatic heterocycles. The van der Waals surface area contributed by atoms with E-state index in [-0.39, 0.29) is 76.0 Å². The second-order valence-electron chi connectivity index (χ2n) is 16.9. The Kier molecular flexibility index (Phi) is 9.49. The van der Waals surface area contributed by atoms with Gasteiger partial charge in [-0.15, -0.1) is 11.3 Å². The highest BCUT2D eigenvalue weighted by Crippen LogP contribution is 2.49. The van der Waals surface area contributed by atoms with E-state index in [9.17, 15) is 14.9 Å². The number of hydrogen-bond acceptors (Lipinski definition) is 12. The van der Waals surface area contributed by atoms with Crippen molar-refractivity contribution in [2.75, 3.05) is 43.5 Å². The molecule has 3 saturated heterocycles. The van der Waals surface area contributed by atoms with E-state index in [1.54, 1.807) is 25.7 Å². The number of carbonyl (C=O) groups excluding carboxylic acids is 2. The first-order chi connectivity index (χ1) is 26.5. The number of rotatable bonds is 6. The lowest BCUT2D eigenvalue weighted by Crippen LogP contribution is -2.56. The van der Waals surface area contributed by atoms with Crippen LogP contribution in [0.25, 0.3) is 32.1 Å². The van der Waals surface area contributed by atoms with Crippen LogP contribution in [0.1, 0.15) is 77.5 Å². The van der Waals surface area contributed by atoms with Crippen molar-refractivity contribution in [1.29, 1.82) is 5.26 Å². The van der Waals surface area contributed by atoms with Crippen molar-refractivity contribution in [2.24, 2.45) is 0 Å².